The second kappa shape index (κ2) is 21.2. The number of aldehydes is 2. The Morgan fingerprint density at radius 3 is 1.63 bits per heavy atom. The lowest BCUT2D eigenvalue weighted by atomic mass is 10.0. The van der Waals surface area contributed by atoms with Crippen molar-refractivity contribution in [1.82, 2.24) is 9.55 Å². The van der Waals surface area contributed by atoms with Gasteiger partial charge < -0.3 is 90.3 Å². The molecule has 1 saturated heterocycles. The molecule has 0 spiro atoms. The Bertz CT molecular complexity index is 1320. The first-order valence-electron chi connectivity index (χ1n) is 13.1. The maximum Gasteiger partial charge on any atom is 0.481 e. The number of nitrogens with one attached hydrogen (secondary N) is 1. The number of aromatic nitrogens is 2. The van der Waals surface area contributed by atoms with Gasteiger partial charge in [-0.25, -0.2) is 13.9 Å². The van der Waals surface area contributed by atoms with Crippen LogP contribution in [-0.2, 0) is 32.3 Å². The molecular formula is C21H38N2O24P2. The molecule has 13 atom stereocenters. The van der Waals surface area contributed by atoms with E-state index in [0.29, 0.717) is 0 Å². The molecule has 0 amide bonds. The number of phosphoric ester groups is 1. The van der Waals surface area contributed by atoms with Crippen molar-refractivity contribution in [2.75, 3.05) is 19.8 Å². The Hall–Kier alpha value is -2.24. The fraction of sp³-hybridized carbons (Fsp3) is 0.714. The predicted octanol–water partition coefficient (Wildman–Crippen LogP) is -9.38. The second-order valence-corrected chi connectivity index (χ2v) is 12.4. The number of carbonyl (C=O) groups excluding carboxylic acids is 2. The van der Waals surface area contributed by atoms with Crippen molar-refractivity contribution in [1.29, 1.82) is 0 Å². The number of carbonyl (C=O) groups is 2. The highest BCUT2D eigenvalue weighted by Crippen LogP contribution is 2.57. The Balaban J connectivity index is 0.000000805. The number of H-pyrrole nitrogens is 1. The van der Waals surface area contributed by atoms with Crippen molar-refractivity contribution in [2.24, 2.45) is 0 Å². The Kier molecular flexibility index (Phi) is 20.2. The number of aromatic amines is 1. The molecule has 0 aliphatic carbocycles. The van der Waals surface area contributed by atoms with Gasteiger partial charge in [0.05, 0.1) is 19.8 Å². The third kappa shape index (κ3) is 15.7. The summed E-state index contributed by atoms with van der Waals surface area (Å²) in [6.45, 7) is -2.42. The monoisotopic (exact) mass is 764 g/mol. The Morgan fingerprint density at radius 2 is 1.27 bits per heavy atom. The van der Waals surface area contributed by atoms with Crippen LogP contribution in [-0.4, -0.2) is 185 Å². The van der Waals surface area contributed by atoms with Crippen LogP contribution in [0.25, 0.3) is 0 Å². The van der Waals surface area contributed by atoms with Gasteiger partial charge in [-0.1, -0.05) is 0 Å². The van der Waals surface area contributed by atoms with Crippen LogP contribution >= 0.6 is 15.6 Å². The van der Waals surface area contributed by atoms with E-state index in [1.165, 1.54) is 0 Å². The zero-order chi connectivity index (χ0) is 38.4. The van der Waals surface area contributed by atoms with Gasteiger partial charge in [0.25, 0.3) is 5.56 Å². The number of ether oxygens (including phenoxy) is 1. The lowest BCUT2D eigenvalue weighted by molar-refractivity contribution is -0.136. The quantitative estimate of drug-likeness (QED) is 0.0549. The first-order chi connectivity index (χ1) is 22.5. The standard InChI is InChI=1S/C9H14N2O12P2.2C6H12O6/c12-5-1-2-11(9(15)10-5)8-7(14)6(13)4(22-8)3-21-25(19,20)23-24(16,17)18;2*7-1-3(9)5(11)6(12)4(10)2-8/h1-2,4,6-8,13-14H,3H2,(H,19,20)(H,10,12,15)(H2,16,17,18);2*1,3-6,8-12H,2H2/t4-,6-,7-,8-;;/m1../s1. The zero-order valence-corrected chi connectivity index (χ0v) is 26.4. The summed E-state index contributed by atoms with van der Waals surface area (Å²) in [5.41, 5.74) is -1.65. The van der Waals surface area contributed by atoms with Crippen LogP contribution in [0.2, 0.25) is 0 Å². The van der Waals surface area contributed by atoms with Crippen molar-refractivity contribution >= 4 is 28.2 Å². The number of hydrogen-bond acceptors (Lipinski definition) is 21. The van der Waals surface area contributed by atoms with Gasteiger partial charge in [-0.05, 0) is 0 Å². The van der Waals surface area contributed by atoms with Gasteiger partial charge in [-0.2, -0.15) is 4.31 Å². The minimum Gasteiger partial charge on any atom is -0.394 e. The zero-order valence-electron chi connectivity index (χ0n) is 24.6. The van der Waals surface area contributed by atoms with Gasteiger partial charge in [0.1, 0.15) is 67.1 Å². The van der Waals surface area contributed by atoms with Crippen molar-refractivity contribution in [3.8, 4) is 0 Å². The fourth-order valence-corrected chi connectivity index (χ4v) is 4.89. The molecule has 286 valence electrons. The molecule has 16 N–H and O–H groups in total. The fourth-order valence-electron chi connectivity index (χ4n) is 3.29. The van der Waals surface area contributed by atoms with Gasteiger partial charge in [-0.3, -0.25) is 18.9 Å². The summed E-state index contributed by atoms with van der Waals surface area (Å²) in [6, 6.07) is 0.962. The van der Waals surface area contributed by atoms with E-state index in [0.717, 1.165) is 16.8 Å². The van der Waals surface area contributed by atoms with Crippen molar-refractivity contribution in [3.05, 3.63) is 33.1 Å². The largest absolute Gasteiger partial charge is 0.481 e. The van der Waals surface area contributed by atoms with E-state index in [9.17, 15) is 38.5 Å². The first kappa shape index (κ1) is 46.8. The summed E-state index contributed by atoms with van der Waals surface area (Å²) in [7, 11) is -10.5. The van der Waals surface area contributed by atoms with Gasteiger partial charge >= 0.3 is 21.3 Å². The van der Waals surface area contributed by atoms with E-state index >= 15 is 0 Å². The van der Waals surface area contributed by atoms with E-state index in [1.54, 1.807) is 0 Å². The lowest BCUT2D eigenvalue weighted by Gasteiger charge is -2.22. The molecule has 1 aliphatic heterocycles. The molecule has 0 aromatic carbocycles. The average Bonchev–Trinajstić information content (AvgIpc) is 3.32. The predicted molar refractivity (Wildman–Crippen MR) is 151 cm³/mol. The number of aliphatic hydroxyl groups excluding tert-OH is 12. The highest BCUT2D eigenvalue weighted by atomic mass is 31.3. The molecule has 1 aliphatic rings. The molecular weight excluding hydrogens is 726 g/mol. The van der Waals surface area contributed by atoms with E-state index in [2.05, 4.69) is 8.83 Å². The summed E-state index contributed by atoms with van der Waals surface area (Å²) >= 11 is 0. The van der Waals surface area contributed by atoms with Gasteiger partial charge in [-0.15, -0.1) is 0 Å². The summed E-state index contributed by atoms with van der Waals surface area (Å²) in [5, 5.41) is 107. The number of hydrogen-bond donors (Lipinski definition) is 16. The molecule has 1 aromatic rings. The third-order valence-corrected chi connectivity index (χ3v) is 8.07. The molecule has 9 unspecified atom stereocenters. The van der Waals surface area contributed by atoms with Crippen LogP contribution in [0.4, 0.5) is 0 Å². The van der Waals surface area contributed by atoms with Crippen molar-refractivity contribution in [2.45, 2.75) is 73.4 Å². The highest BCUT2D eigenvalue weighted by molar-refractivity contribution is 7.60. The van der Waals surface area contributed by atoms with Crippen LogP contribution in [0.1, 0.15) is 6.23 Å². The molecule has 2 rings (SSSR count). The Morgan fingerprint density at radius 1 is 0.816 bits per heavy atom. The molecule has 28 heteroatoms. The number of phosphoric acid groups is 2. The van der Waals surface area contributed by atoms with Crippen LogP contribution in [0.15, 0.2) is 21.9 Å². The summed E-state index contributed by atoms with van der Waals surface area (Å²) < 4.78 is 35.6. The van der Waals surface area contributed by atoms with Gasteiger partial charge in [0.2, 0.25) is 0 Å². The summed E-state index contributed by atoms with van der Waals surface area (Å²) in [4.78, 5) is 70.5. The molecule has 0 saturated carbocycles. The molecule has 49 heavy (non-hydrogen) atoms. The summed E-state index contributed by atoms with van der Waals surface area (Å²) in [6.07, 6.45) is -18.9. The molecule has 0 bridgehead atoms. The van der Waals surface area contributed by atoms with E-state index in [4.69, 9.17) is 70.5 Å². The molecule has 26 nitrogen and oxygen atoms in total. The maximum atomic E-state index is 11.7. The van der Waals surface area contributed by atoms with Crippen molar-refractivity contribution in [3.63, 3.8) is 0 Å². The molecule has 1 fully saturated rings. The van der Waals surface area contributed by atoms with E-state index < -0.39 is 120 Å². The van der Waals surface area contributed by atoms with E-state index in [1.807, 2.05) is 4.98 Å². The Labute approximate surface area is 272 Å². The maximum absolute atomic E-state index is 11.7. The normalized spacial score (nSPS) is 25.4. The minimum absolute atomic E-state index is 0.0258. The third-order valence-electron chi connectivity index (χ3n) is 5.92. The van der Waals surface area contributed by atoms with Crippen LogP contribution < -0.4 is 11.2 Å². The van der Waals surface area contributed by atoms with Crippen LogP contribution in [0, 0.1) is 0 Å². The smallest absolute Gasteiger partial charge is 0.394 e. The average molecular weight is 764 g/mol. The lowest BCUT2D eigenvalue weighted by Crippen LogP contribution is -2.46. The molecule has 1 aromatic heterocycles. The highest BCUT2D eigenvalue weighted by Gasteiger charge is 2.45. The minimum atomic E-state index is -5.32. The van der Waals surface area contributed by atoms with Crippen LogP contribution in [0.5, 0.6) is 0 Å². The SMILES string of the molecule is O=CC(O)C(O)C(O)C(O)CO.O=CC(O)C(O)C(O)C(O)CO.O=c1ccn([C@@H]2O[C@H](COP(=O)(O)OP(=O)(O)O)[C@@H](O)[C@H]2O)c(=O)[nH]1. The first-order valence-corrected chi connectivity index (χ1v) is 16.1. The van der Waals surface area contributed by atoms with Crippen LogP contribution in [0.3, 0.4) is 0 Å². The van der Waals surface area contributed by atoms with Gasteiger partial charge in [0.15, 0.2) is 18.8 Å². The van der Waals surface area contributed by atoms with Gasteiger partial charge in [0, 0.05) is 12.3 Å². The van der Waals surface area contributed by atoms with Crippen molar-refractivity contribution < 1.29 is 108 Å². The number of nitrogens with zero attached hydrogens (tertiary/aromatic N) is 1. The summed E-state index contributed by atoms with van der Waals surface area (Å²) in [5.74, 6) is 0. The second-order valence-electron chi connectivity index (χ2n) is 9.62. The molecule has 2 heterocycles. The van der Waals surface area contributed by atoms with E-state index in [-0.39, 0.29) is 12.6 Å². The number of rotatable bonds is 16. The number of aliphatic hydroxyl groups is 12. The topological polar surface area (TPSA) is 454 Å². The molecule has 0 radical (unpaired) electrons.